The summed E-state index contributed by atoms with van der Waals surface area (Å²) < 4.78 is 0. The minimum absolute atomic E-state index is 0.312. The molecule has 0 saturated carbocycles. The van der Waals surface area contributed by atoms with Crippen LogP contribution in [0.3, 0.4) is 0 Å². The smallest absolute Gasteiger partial charge is 0.134 e. The van der Waals surface area contributed by atoms with Crippen LogP contribution in [0.5, 0.6) is 0 Å². The van der Waals surface area contributed by atoms with Crippen molar-refractivity contribution >= 4 is 22.7 Å². The molecule has 0 fully saturated rings. The molecule has 2 unspecified atom stereocenters. The van der Waals surface area contributed by atoms with Crippen LogP contribution in [-0.4, -0.2) is 16.7 Å². The second-order valence-corrected chi connectivity index (χ2v) is 7.44. The zero-order valence-corrected chi connectivity index (χ0v) is 13.7. The summed E-state index contributed by atoms with van der Waals surface area (Å²) >= 11 is 3.68. The Labute approximate surface area is 128 Å². The van der Waals surface area contributed by atoms with E-state index in [0.717, 1.165) is 18.0 Å². The molecule has 0 aliphatic heterocycles. The molecule has 3 rings (SSSR count). The summed E-state index contributed by atoms with van der Waals surface area (Å²) in [7, 11) is 0. The minimum atomic E-state index is 0.312. The average molecular weight is 307 g/mol. The first-order valence-corrected chi connectivity index (χ1v) is 9.12. The van der Waals surface area contributed by atoms with Gasteiger partial charge in [-0.2, -0.15) is 0 Å². The number of rotatable bonds is 5. The van der Waals surface area contributed by atoms with Gasteiger partial charge in [0, 0.05) is 10.8 Å². The van der Waals surface area contributed by atoms with E-state index in [2.05, 4.69) is 40.8 Å². The van der Waals surface area contributed by atoms with E-state index in [9.17, 15) is 0 Å². The Hall–Kier alpha value is -0.780. The summed E-state index contributed by atoms with van der Waals surface area (Å²) in [4.78, 5) is 1.55. The normalized spacial score (nSPS) is 19.8. The summed E-state index contributed by atoms with van der Waals surface area (Å²) in [6.45, 7) is 5.40. The molecule has 2 aromatic rings. The van der Waals surface area contributed by atoms with E-state index in [-0.39, 0.29) is 0 Å². The molecular formula is C15H21N3S2. The SMILES string of the molecule is CCCNC(C)c1nnc(C2CCCc3sccc32)s1. The Morgan fingerprint density at radius 2 is 2.35 bits per heavy atom. The Morgan fingerprint density at radius 3 is 3.20 bits per heavy atom. The third-order valence-electron chi connectivity index (χ3n) is 3.88. The maximum atomic E-state index is 4.48. The maximum absolute atomic E-state index is 4.48. The van der Waals surface area contributed by atoms with Crippen molar-refractivity contribution in [3.05, 3.63) is 31.9 Å². The van der Waals surface area contributed by atoms with Crippen molar-refractivity contribution in [3.63, 3.8) is 0 Å². The summed E-state index contributed by atoms with van der Waals surface area (Å²) in [5, 5.41) is 16.9. The number of hydrogen-bond acceptors (Lipinski definition) is 5. The maximum Gasteiger partial charge on any atom is 0.134 e. The second-order valence-electron chi connectivity index (χ2n) is 5.40. The van der Waals surface area contributed by atoms with Crippen LogP contribution in [0.1, 0.15) is 65.5 Å². The number of aryl methyl sites for hydroxylation is 1. The van der Waals surface area contributed by atoms with E-state index in [1.165, 1.54) is 29.8 Å². The molecule has 2 aromatic heterocycles. The molecule has 1 N–H and O–H groups in total. The molecule has 0 spiro atoms. The Morgan fingerprint density at radius 1 is 1.45 bits per heavy atom. The van der Waals surface area contributed by atoms with Gasteiger partial charge in [0.1, 0.15) is 10.0 Å². The Kier molecular flexibility index (Phi) is 4.48. The third-order valence-corrected chi connectivity index (χ3v) is 6.09. The van der Waals surface area contributed by atoms with Gasteiger partial charge in [-0.25, -0.2) is 0 Å². The van der Waals surface area contributed by atoms with Crippen molar-refractivity contribution in [1.82, 2.24) is 15.5 Å². The molecule has 0 bridgehead atoms. The monoisotopic (exact) mass is 307 g/mol. The van der Waals surface area contributed by atoms with Crippen LogP contribution in [0, 0.1) is 0 Å². The summed E-state index contributed by atoms with van der Waals surface area (Å²) in [6.07, 6.45) is 4.88. The van der Waals surface area contributed by atoms with Gasteiger partial charge in [-0.05, 0) is 56.2 Å². The molecular weight excluding hydrogens is 286 g/mol. The Balaban J connectivity index is 1.78. The molecule has 0 radical (unpaired) electrons. The van der Waals surface area contributed by atoms with Crippen LogP contribution < -0.4 is 5.32 Å². The van der Waals surface area contributed by atoms with Crippen LogP contribution in [0.25, 0.3) is 0 Å². The van der Waals surface area contributed by atoms with Gasteiger partial charge in [0.25, 0.3) is 0 Å². The highest BCUT2D eigenvalue weighted by molar-refractivity contribution is 7.11. The van der Waals surface area contributed by atoms with Gasteiger partial charge in [0.15, 0.2) is 0 Å². The fraction of sp³-hybridized carbons (Fsp3) is 0.600. The fourth-order valence-electron chi connectivity index (χ4n) is 2.75. The van der Waals surface area contributed by atoms with Crippen molar-refractivity contribution < 1.29 is 0 Å². The highest BCUT2D eigenvalue weighted by atomic mass is 32.1. The van der Waals surface area contributed by atoms with E-state index in [0.29, 0.717) is 12.0 Å². The van der Waals surface area contributed by atoms with Gasteiger partial charge < -0.3 is 5.32 Å². The molecule has 2 heterocycles. The topological polar surface area (TPSA) is 37.8 Å². The molecule has 20 heavy (non-hydrogen) atoms. The molecule has 3 nitrogen and oxygen atoms in total. The van der Waals surface area contributed by atoms with Crippen molar-refractivity contribution in [2.24, 2.45) is 0 Å². The zero-order chi connectivity index (χ0) is 13.9. The second kappa shape index (κ2) is 6.33. The number of hydrogen-bond donors (Lipinski definition) is 1. The molecule has 1 aliphatic carbocycles. The largest absolute Gasteiger partial charge is 0.308 e. The van der Waals surface area contributed by atoms with Crippen LogP contribution in [0.15, 0.2) is 11.4 Å². The highest BCUT2D eigenvalue weighted by Gasteiger charge is 2.26. The lowest BCUT2D eigenvalue weighted by Gasteiger charge is -2.19. The first-order valence-electron chi connectivity index (χ1n) is 7.42. The molecule has 0 saturated heterocycles. The molecule has 1 aliphatic rings. The fourth-order valence-corrected chi connectivity index (χ4v) is 4.77. The molecule has 0 amide bonds. The number of aromatic nitrogens is 2. The molecule has 108 valence electrons. The Bertz CT molecular complexity index is 561. The van der Waals surface area contributed by atoms with Crippen LogP contribution in [-0.2, 0) is 6.42 Å². The lowest BCUT2D eigenvalue weighted by Crippen LogP contribution is -2.19. The predicted octanol–water partition coefficient (Wildman–Crippen LogP) is 4.13. The summed E-state index contributed by atoms with van der Waals surface area (Å²) in [6, 6.07) is 2.59. The third kappa shape index (κ3) is 2.80. The number of fused-ring (bicyclic) bond motifs is 1. The summed E-state index contributed by atoms with van der Waals surface area (Å²) in [5.74, 6) is 0.481. The zero-order valence-electron chi connectivity index (χ0n) is 12.1. The van der Waals surface area contributed by atoms with E-state index in [1.807, 2.05) is 11.3 Å². The van der Waals surface area contributed by atoms with E-state index >= 15 is 0 Å². The number of thiophene rings is 1. The molecule has 0 aromatic carbocycles. The van der Waals surface area contributed by atoms with Gasteiger partial charge in [0.05, 0.1) is 6.04 Å². The first kappa shape index (κ1) is 14.2. The molecule has 5 heteroatoms. The predicted molar refractivity (Wildman–Crippen MR) is 85.7 cm³/mol. The van der Waals surface area contributed by atoms with E-state index < -0.39 is 0 Å². The van der Waals surface area contributed by atoms with Crippen LogP contribution >= 0.6 is 22.7 Å². The van der Waals surface area contributed by atoms with Gasteiger partial charge in [0.2, 0.25) is 0 Å². The lowest BCUT2D eigenvalue weighted by atomic mass is 9.88. The molecule has 2 atom stereocenters. The van der Waals surface area contributed by atoms with Crippen LogP contribution in [0.2, 0.25) is 0 Å². The first-order chi connectivity index (χ1) is 9.79. The summed E-state index contributed by atoms with van der Waals surface area (Å²) in [5.41, 5.74) is 1.50. The average Bonchev–Trinajstić information content (AvgIpc) is 3.12. The van der Waals surface area contributed by atoms with Gasteiger partial charge in [-0.15, -0.1) is 21.5 Å². The van der Waals surface area contributed by atoms with Crippen molar-refractivity contribution in [2.75, 3.05) is 6.54 Å². The number of nitrogens with one attached hydrogen (secondary N) is 1. The van der Waals surface area contributed by atoms with Crippen LogP contribution in [0.4, 0.5) is 0 Å². The van der Waals surface area contributed by atoms with E-state index in [1.54, 1.807) is 16.2 Å². The quantitative estimate of drug-likeness (QED) is 0.902. The van der Waals surface area contributed by atoms with Crippen molar-refractivity contribution in [3.8, 4) is 0 Å². The van der Waals surface area contributed by atoms with E-state index in [4.69, 9.17) is 0 Å². The van der Waals surface area contributed by atoms with Gasteiger partial charge >= 0.3 is 0 Å². The number of nitrogens with zero attached hydrogens (tertiary/aromatic N) is 2. The standard InChI is InChI=1S/C15H21N3S2/c1-3-8-16-10(2)14-17-18-15(20-14)12-5-4-6-13-11(12)7-9-19-13/h7,9-10,12,16H,3-6,8H2,1-2H3. The van der Waals surface area contributed by atoms with Crippen molar-refractivity contribution in [1.29, 1.82) is 0 Å². The minimum Gasteiger partial charge on any atom is -0.308 e. The highest BCUT2D eigenvalue weighted by Crippen LogP contribution is 2.40. The van der Waals surface area contributed by atoms with Gasteiger partial charge in [-0.3, -0.25) is 0 Å². The van der Waals surface area contributed by atoms with Crippen molar-refractivity contribution in [2.45, 2.75) is 51.5 Å². The van der Waals surface area contributed by atoms with Gasteiger partial charge in [-0.1, -0.05) is 18.3 Å². The lowest BCUT2D eigenvalue weighted by molar-refractivity contribution is 0.563.